The summed E-state index contributed by atoms with van der Waals surface area (Å²) in [6, 6.07) is 45.8. The van der Waals surface area contributed by atoms with Crippen molar-refractivity contribution >= 4 is 134 Å². The Morgan fingerprint density at radius 3 is 1.18 bits per heavy atom. The molecule has 6 aromatic carbocycles. The lowest BCUT2D eigenvalue weighted by Crippen LogP contribution is -2.34. The Morgan fingerprint density at radius 1 is 0.443 bits per heavy atom. The molecule has 37 heteroatoms. The zero-order valence-electron chi connectivity index (χ0n) is 56.1. The van der Waals surface area contributed by atoms with Gasteiger partial charge in [-0.05, 0) is 153 Å². The number of aromatic nitrogens is 17. The average molecular weight is 1480 g/mol. The summed E-state index contributed by atoms with van der Waals surface area (Å²) in [5.41, 5.74) is 30.9. The van der Waals surface area contributed by atoms with E-state index in [-0.39, 0.29) is 27.8 Å². The number of methoxy groups -OCH3 is 1. The molecule has 0 saturated carbocycles. The number of halogens is 1. The van der Waals surface area contributed by atoms with Crippen molar-refractivity contribution in [2.75, 3.05) is 56.7 Å². The van der Waals surface area contributed by atoms with E-state index in [0.29, 0.717) is 131 Å². The van der Waals surface area contributed by atoms with Crippen molar-refractivity contribution in [3.05, 3.63) is 225 Å². The number of sulfonamides is 2. The van der Waals surface area contributed by atoms with Crippen molar-refractivity contribution in [3.63, 3.8) is 0 Å². The van der Waals surface area contributed by atoms with E-state index in [1.807, 2.05) is 56.3 Å². The van der Waals surface area contributed by atoms with Gasteiger partial charge in [0.05, 0.1) is 93.2 Å². The van der Waals surface area contributed by atoms with E-state index in [1.165, 1.54) is 67.9 Å². The van der Waals surface area contributed by atoms with E-state index >= 15 is 0 Å². The number of nitrogens with two attached hydrogens (primary N) is 4. The van der Waals surface area contributed by atoms with Gasteiger partial charge in [-0.2, -0.15) is 20.4 Å². The summed E-state index contributed by atoms with van der Waals surface area (Å²) in [5, 5.41) is 28.6. The zero-order chi connectivity index (χ0) is 74.5. The predicted molar refractivity (Wildman–Crippen MR) is 401 cm³/mol. The highest BCUT2D eigenvalue weighted by molar-refractivity contribution is 7.93. The van der Waals surface area contributed by atoms with E-state index in [9.17, 15) is 26.4 Å². The Balaban J connectivity index is 0.000000134. The van der Waals surface area contributed by atoms with Gasteiger partial charge < -0.3 is 48.4 Å². The van der Waals surface area contributed by atoms with E-state index in [2.05, 4.69) is 90.6 Å². The fourth-order valence-electron chi connectivity index (χ4n) is 10.0. The Morgan fingerprint density at radius 2 is 0.811 bits per heavy atom. The monoisotopic (exact) mass is 1480 g/mol. The van der Waals surface area contributed by atoms with Gasteiger partial charge in [0.2, 0.25) is 11.8 Å². The number of ether oxygens (including phenoxy) is 2. The number of rotatable bonds is 18. The number of pyridine rings is 1. The molecule has 34 nitrogen and oxygen atoms in total. The first-order valence-electron chi connectivity index (χ1n) is 31.7. The summed E-state index contributed by atoms with van der Waals surface area (Å²) in [4.78, 5) is 60.2. The minimum absolute atomic E-state index is 0.0113. The molecule has 0 unspecified atom stereocenters. The Bertz CT molecular complexity index is 5820. The molecule has 3 amide bonds. The van der Waals surface area contributed by atoms with Gasteiger partial charge in [0.1, 0.15) is 59.2 Å². The quantitative estimate of drug-likeness (QED) is 0.0386. The van der Waals surface area contributed by atoms with Crippen LogP contribution in [0.5, 0.6) is 11.6 Å². The van der Waals surface area contributed by atoms with Crippen LogP contribution >= 0.6 is 11.6 Å². The van der Waals surface area contributed by atoms with Gasteiger partial charge in [-0.1, -0.05) is 29.8 Å². The number of urea groups is 1. The second-order valence-corrected chi connectivity index (χ2v) is 26.7. The van der Waals surface area contributed by atoms with Gasteiger partial charge in [-0.25, -0.2) is 85.2 Å². The third kappa shape index (κ3) is 17.2. The molecule has 0 aliphatic heterocycles. The van der Waals surface area contributed by atoms with Crippen molar-refractivity contribution in [1.82, 2.24) is 89.3 Å². The minimum Gasteiger partial charge on any atom is -0.439 e. The fraction of sp³-hybridized carbons (Fsp3) is 0.0870. The van der Waals surface area contributed by atoms with Crippen molar-refractivity contribution in [1.29, 1.82) is 0 Å². The number of benzene rings is 6. The summed E-state index contributed by atoms with van der Waals surface area (Å²) >= 11 is 5.80. The number of hydrogen-bond donors (Lipinski definition) is 9. The number of nitrogens with zero attached hydrogens (tertiary/aromatic N) is 17. The highest BCUT2D eigenvalue weighted by Crippen LogP contribution is 2.28. The van der Waals surface area contributed by atoms with Crippen LogP contribution in [0.1, 0.15) is 20.3 Å². The normalized spacial score (nSPS) is 11.2. The lowest BCUT2D eigenvalue weighted by atomic mass is 10.2. The van der Waals surface area contributed by atoms with Gasteiger partial charge in [-0.3, -0.25) is 14.2 Å². The SMILES string of the molecule is CC(C)NC(=O)Nc1ccc(-n2ncc3c(N)ncnc32)cc1.COCCC(=O)Nc1ccc(-n2ncc3c(N)ncnc32)cc1.Nc1ncnc2c1cnn2-c1ccc(NS(=O)(=O)c2ccc(Cl)cc2)cc1.Nc1ncnc2c1cnn2-c1ccc(NS(=O)(=O)c2ccc(Oc3ccccc3)nc2)cc1. The Labute approximate surface area is 608 Å². The first kappa shape index (κ1) is 72.0. The van der Waals surface area contributed by atoms with Crippen LogP contribution in [0.15, 0.2) is 230 Å². The van der Waals surface area contributed by atoms with Gasteiger partial charge in [-0.15, -0.1) is 0 Å². The van der Waals surface area contributed by atoms with Crippen LogP contribution in [0.25, 0.3) is 66.9 Å². The first-order chi connectivity index (χ1) is 51.2. The molecule has 536 valence electrons. The van der Waals surface area contributed by atoms with E-state index in [0.717, 1.165) is 11.4 Å². The van der Waals surface area contributed by atoms with Crippen LogP contribution in [-0.4, -0.2) is 133 Å². The fourth-order valence-corrected chi connectivity index (χ4v) is 12.2. The maximum Gasteiger partial charge on any atom is 0.319 e. The van der Waals surface area contributed by atoms with Crippen molar-refractivity contribution in [2.45, 2.75) is 36.1 Å². The number of hydrogen-bond acceptors (Lipinski definition) is 25. The minimum atomic E-state index is -3.84. The third-order valence-corrected chi connectivity index (χ3v) is 18.2. The van der Waals surface area contributed by atoms with Crippen LogP contribution in [-0.2, 0) is 29.6 Å². The number of carbonyl (C=O) groups excluding carboxylic acids is 2. The molecule has 0 fully saturated rings. The summed E-state index contributed by atoms with van der Waals surface area (Å²) in [5.74, 6) is 2.28. The van der Waals surface area contributed by atoms with E-state index in [4.69, 9.17) is 44.0 Å². The second kappa shape index (κ2) is 32.0. The van der Waals surface area contributed by atoms with Crippen molar-refractivity contribution in [3.8, 4) is 34.4 Å². The number of amides is 3. The van der Waals surface area contributed by atoms with Crippen molar-refractivity contribution < 1.29 is 35.9 Å². The number of fused-ring (bicyclic) bond motifs is 4. The molecule has 15 aromatic rings. The molecule has 9 aromatic heterocycles. The molecule has 106 heavy (non-hydrogen) atoms. The Kier molecular flexibility index (Phi) is 21.7. The second-order valence-electron chi connectivity index (χ2n) is 22.9. The van der Waals surface area contributed by atoms with Crippen LogP contribution < -0.4 is 53.1 Å². The van der Waals surface area contributed by atoms with Crippen LogP contribution in [0.4, 0.5) is 50.8 Å². The molecule has 0 radical (unpaired) electrons. The number of anilines is 8. The topological polar surface area (TPSA) is 472 Å². The maximum absolute atomic E-state index is 12.8. The molecule has 9 heterocycles. The predicted octanol–water partition coefficient (Wildman–Crippen LogP) is 9.54. The molecule has 0 aliphatic rings. The smallest absolute Gasteiger partial charge is 0.319 e. The van der Waals surface area contributed by atoms with E-state index in [1.54, 1.807) is 136 Å². The first-order valence-corrected chi connectivity index (χ1v) is 35.1. The molecular weight excluding hydrogens is 1420 g/mol. The lowest BCUT2D eigenvalue weighted by molar-refractivity contribution is -0.117. The van der Waals surface area contributed by atoms with Gasteiger partial charge in [0, 0.05) is 47.0 Å². The van der Waals surface area contributed by atoms with Crippen LogP contribution in [0.2, 0.25) is 5.02 Å². The molecule has 0 atom stereocenters. The van der Waals surface area contributed by atoms with Gasteiger partial charge >= 0.3 is 6.03 Å². The molecular formula is C69H63ClN26O8S2. The number of carbonyl (C=O) groups is 2. The van der Waals surface area contributed by atoms with Crippen LogP contribution in [0, 0.1) is 0 Å². The summed E-state index contributed by atoms with van der Waals surface area (Å²) in [7, 11) is -5.98. The maximum atomic E-state index is 12.8. The zero-order valence-corrected chi connectivity index (χ0v) is 58.5. The molecule has 0 bridgehead atoms. The summed E-state index contributed by atoms with van der Waals surface area (Å²) in [6.45, 7) is 4.20. The Hall–Kier alpha value is -13.8. The number of nitrogen functional groups attached to an aromatic ring is 4. The highest BCUT2D eigenvalue weighted by atomic mass is 35.5. The third-order valence-electron chi connectivity index (χ3n) is 15.1. The highest BCUT2D eigenvalue weighted by Gasteiger charge is 2.19. The van der Waals surface area contributed by atoms with E-state index < -0.39 is 20.0 Å². The number of nitrogens with one attached hydrogen (secondary N) is 5. The number of para-hydroxylation sites is 1. The van der Waals surface area contributed by atoms with Crippen LogP contribution in [0.3, 0.4) is 0 Å². The lowest BCUT2D eigenvalue weighted by Gasteiger charge is -2.10. The molecule has 0 saturated heterocycles. The summed E-state index contributed by atoms with van der Waals surface area (Å²) in [6.07, 6.45) is 13.5. The standard InChI is InChI=1S/C22H17N7O3S.C17H13ClN6O2S.C15H17N7O.C15H16N6O2/c23-21-19-13-27-29(22(19)26-14-25-21)16-8-6-15(7-9-16)28-33(30,31)18-10-11-20(24-12-18)32-17-4-2-1-3-5-17;18-11-1-7-14(8-2-11)27(25,26)23-12-3-5-13(6-4-12)24-17-15(9-22-24)16(19)20-10-21-17;1-9(2)20-15(23)21-10-3-5-11(6-4-10)22-14-12(7-19-22)13(16)17-8-18-14;1-23-7-6-13(22)20-10-2-4-11(5-3-10)21-15-12(8-19-21)14(16)17-9-18-15/h1-14,28H,(H2,23,25,26);1-10,23H,(H2,19,20,21);3-9H,1-2H3,(H2,16,17,18)(H2,20,21,23);2-5,8-9H,6-7H2,1H3,(H,20,22)(H2,16,17,18). The average Bonchev–Trinajstić information content (AvgIpc) is 1.57. The molecule has 15 rings (SSSR count). The molecule has 0 spiro atoms. The van der Waals surface area contributed by atoms with Gasteiger partial charge in [0.15, 0.2) is 22.6 Å². The molecule has 0 aliphatic carbocycles. The molecule has 13 N–H and O–H groups in total. The largest absolute Gasteiger partial charge is 0.439 e. The summed E-state index contributed by atoms with van der Waals surface area (Å²) < 4.78 is 72.5. The van der Waals surface area contributed by atoms with Crippen molar-refractivity contribution in [2.24, 2.45) is 0 Å². The van der Waals surface area contributed by atoms with Gasteiger partial charge in [0.25, 0.3) is 20.0 Å².